The lowest BCUT2D eigenvalue weighted by Gasteiger charge is -2.34. The number of piperazine rings is 1. The number of rotatable bonds is 8. The summed E-state index contributed by atoms with van der Waals surface area (Å²) in [6.45, 7) is 5.09. The lowest BCUT2D eigenvalue weighted by atomic mass is 10.1. The van der Waals surface area contributed by atoms with Crippen LogP contribution in [-0.2, 0) is 9.53 Å². The van der Waals surface area contributed by atoms with Crippen molar-refractivity contribution in [2.75, 3.05) is 61.1 Å². The lowest BCUT2D eigenvalue weighted by Crippen LogP contribution is -2.44. The van der Waals surface area contributed by atoms with Crippen LogP contribution in [0.4, 0.5) is 28.8 Å². The van der Waals surface area contributed by atoms with Gasteiger partial charge >= 0.3 is 0 Å². The molecule has 0 aliphatic carbocycles. The first kappa shape index (κ1) is 30.5. The van der Waals surface area contributed by atoms with Gasteiger partial charge in [0.25, 0.3) is 0 Å². The van der Waals surface area contributed by atoms with E-state index in [-0.39, 0.29) is 36.6 Å². The standard InChI is InChI=1S/C31H35N11O5/c1-17(44)34-21-8-5-19(30-39-38-29(47-30)18-3-6-20(7-4-18)41-11-9-40(2)10-12-41)13-22(21)35-31-36-27(32)26-28(37-31)42(16-33-26)25-14-23(45)24(15-43)46-25/h3-8,13,16,23-25,43,45H,9-12,14-15H2,1-2H3,(H,34,44)(H3,32,35,36,37)/t23-,24-,25-/m1/s1. The van der Waals surface area contributed by atoms with Gasteiger partial charge in [-0.05, 0) is 49.5 Å². The van der Waals surface area contributed by atoms with Crippen LogP contribution in [-0.4, -0.2) is 103 Å². The Kier molecular flexibility index (Phi) is 8.15. The fraction of sp³-hybridized carbons (Fsp3) is 0.355. The number of likely N-dealkylation sites (N-methyl/N-ethyl adjacent to an activating group) is 1. The summed E-state index contributed by atoms with van der Waals surface area (Å²) in [5.41, 5.74) is 10.4. The first-order chi connectivity index (χ1) is 22.7. The van der Waals surface area contributed by atoms with Crippen molar-refractivity contribution in [3.05, 3.63) is 48.8 Å². The maximum absolute atomic E-state index is 12.0. The molecule has 2 aromatic carbocycles. The molecule has 5 aromatic rings. The second kappa shape index (κ2) is 12.6. The number of hydrogen-bond acceptors (Lipinski definition) is 14. The van der Waals surface area contributed by atoms with Gasteiger partial charge in [-0.25, -0.2) is 4.98 Å². The number of fused-ring (bicyclic) bond motifs is 1. The molecule has 244 valence electrons. The predicted molar refractivity (Wildman–Crippen MR) is 174 cm³/mol. The number of aliphatic hydroxyl groups is 2. The summed E-state index contributed by atoms with van der Waals surface area (Å²) in [6, 6.07) is 13.3. The van der Waals surface area contributed by atoms with Gasteiger partial charge in [0.1, 0.15) is 17.8 Å². The minimum atomic E-state index is -0.839. The highest BCUT2D eigenvalue weighted by molar-refractivity contribution is 5.94. The Bertz CT molecular complexity index is 1900. The van der Waals surface area contributed by atoms with Crippen molar-refractivity contribution in [2.24, 2.45) is 0 Å². The number of anilines is 5. The monoisotopic (exact) mass is 641 g/mol. The van der Waals surface area contributed by atoms with Gasteiger partial charge in [-0.2, -0.15) is 9.97 Å². The number of imidazole rings is 1. The quantitative estimate of drug-likeness (QED) is 0.165. The molecule has 47 heavy (non-hydrogen) atoms. The van der Waals surface area contributed by atoms with Gasteiger partial charge in [-0.3, -0.25) is 9.36 Å². The number of nitrogens with one attached hydrogen (secondary N) is 2. The fourth-order valence-corrected chi connectivity index (χ4v) is 5.79. The van der Waals surface area contributed by atoms with E-state index < -0.39 is 18.4 Å². The molecule has 0 spiro atoms. The number of amides is 1. The van der Waals surface area contributed by atoms with Gasteiger partial charge in [-0.1, -0.05) is 0 Å². The molecular formula is C31H35N11O5. The van der Waals surface area contributed by atoms with Crippen molar-refractivity contribution in [3.63, 3.8) is 0 Å². The molecule has 3 atom stereocenters. The molecule has 0 saturated carbocycles. The predicted octanol–water partition coefficient (Wildman–Crippen LogP) is 2.22. The zero-order valence-electron chi connectivity index (χ0n) is 25.9. The van der Waals surface area contributed by atoms with E-state index in [1.54, 1.807) is 22.8 Å². The van der Waals surface area contributed by atoms with Crippen LogP contribution in [0, 0.1) is 0 Å². The minimum absolute atomic E-state index is 0.117. The molecule has 5 heterocycles. The summed E-state index contributed by atoms with van der Waals surface area (Å²) in [5.74, 6) is 0.633. The molecular weight excluding hydrogens is 606 g/mol. The van der Waals surface area contributed by atoms with E-state index in [4.69, 9.17) is 14.9 Å². The van der Waals surface area contributed by atoms with Crippen molar-refractivity contribution in [3.8, 4) is 22.9 Å². The van der Waals surface area contributed by atoms with Crippen LogP contribution >= 0.6 is 0 Å². The molecule has 2 aliphatic heterocycles. The number of ether oxygens (including phenoxy) is 1. The van der Waals surface area contributed by atoms with Crippen molar-refractivity contribution < 1.29 is 24.2 Å². The largest absolute Gasteiger partial charge is 0.416 e. The lowest BCUT2D eigenvalue weighted by molar-refractivity contribution is -0.114. The van der Waals surface area contributed by atoms with E-state index in [2.05, 4.69) is 64.8 Å². The van der Waals surface area contributed by atoms with Crippen molar-refractivity contribution >= 4 is 45.9 Å². The first-order valence-electron chi connectivity index (χ1n) is 15.3. The second-order valence-corrected chi connectivity index (χ2v) is 11.7. The van der Waals surface area contributed by atoms with Gasteiger partial charge in [0.05, 0.1) is 30.4 Å². The molecule has 0 bridgehead atoms. The van der Waals surface area contributed by atoms with E-state index in [0.29, 0.717) is 34.0 Å². The highest BCUT2D eigenvalue weighted by Gasteiger charge is 2.35. The van der Waals surface area contributed by atoms with Crippen LogP contribution in [0.25, 0.3) is 34.1 Å². The summed E-state index contributed by atoms with van der Waals surface area (Å²) in [5, 5.41) is 34.3. The molecule has 1 amide bonds. The number of hydrogen-bond donors (Lipinski definition) is 5. The Hall–Kier alpha value is -5.16. The molecule has 2 aliphatic rings. The molecule has 0 radical (unpaired) electrons. The number of nitrogens with zero attached hydrogens (tertiary/aromatic N) is 8. The second-order valence-electron chi connectivity index (χ2n) is 11.7. The summed E-state index contributed by atoms with van der Waals surface area (Å²) in [6.07, 6.45) is -0.419. The number of nitrogens with two attached hydrogens (primary N) is 1. The van der Waals surface area contributed by atoms with Crippen LogP contribution in [0.5, 0.6) is 0 Å². The van der Waals surface area contributed by atoms with Crippen LogP contribution in [0.1, 0.15) is 19.6 Å². The van der Waals surface area contributed by atoms with Crippen LogP contribution in [0.15, 0.2) is 53.2 Å². The Balaban J connectivity index is 1.16. The van der Waals surface area contributed by atoms with E-state index in [0.717, 1.165) is 37.4 Å². The third kappa shape index (κ3) is 6.18. The normalized spacial score (nSPS) is 20.2. The zero-order valence-corrected chi connectivity index (χ0v) is 25.9. The molecule has 0 unspecified atom stereocenters. The average Bonchev–Trinajstić information content (AvgIpc) is 3.81. The molecule has 16 heteroatoms. The molecule has 2 fully saturated rings. The zero-order chi connectivity index (χ0) is 32.7. The van der Waals surface area contributed by atoms with E-state index in [9.17, 15) is 15.0 Å². The number of nitrogen functional groups attached to an aromatic ring is 1. The summed E-state index contributed by atoms with van der Waals surface area (Å²) >= 11 is 0. The van der Waals surface area contributed by atoms with Crippen molar-refractivity contribution in [1.82, 2.24) is 34.6 Å². The van der Waals surface area contributed by atoms with Crippen molar-refractivity contribution in [1.29, 1.82) is 0 Å². The summed E-state index contributed by atoms with van der Waals surface area (Å²) in [4.78, 5) is 30.0. The van der Waals surface area contributed by atoms with Crippen LogP contribution in [0.3, 0.4) is 0 Å². The van der Waals surface area contributed by atoms with Gasteiger partial charge in [-0.15, -0.1) is 10.2 Å². The molecule has 7 rings (SSSR count). The number of benzene rings is 2. The third-order valence-electron chi connectivity index (χ3n) is 8.37. The topological polar surface area (TPSA) is 206 Å². The molecule has 16 nitrogen and oxygen atoms in total. The number of aromatic nitrogens is 6. The van der Waals surface area contributed by atoms with Gasteiger partial charge in [0.2, 0.25) is 23.6 Å². The van der Waals surface area contributed by atoms with Gasteiger partial charge in [0, 0.05) is 56.3 Å². The average molecular weight is 642 g/mol. The van der Waals surface area contributed by atoms with Crippen LogP contribution in [0.2, 0.25) is 0 Å². The molecule has 3 aromatic heterocycles. The fourth-order valence-electron chi connectivity index (χ4n) is 5.79. The number of carbonyl (C=O) groups excluding carboxylic acids is 1. The first-order valence-corrected chi connectivity index (χ1v) is 15.3. The SMILES string of the molecule is CC(=O)Nc1ccc(-c2nnc(-c3ccc(N4CCN(C)CC4)cc3)o2)cc1Nc1nc(N)c2ncn([C@H]3C[C@@H](O)[C@@H](CO)O3)c2n1. The summed E-state index contributed by atoms with van der Waals surface area (Å²) < 4.78 is 13.5. The third-order valence-corrected chi connectivity index (χ3v) is 8.37. The minimum Gasteiger partial charge on any atom is -0.416 e. The molecule has 6 N–H and O–H groups in total. The van der Waals surface area contributed by atoms with Gasteiger partial charge < -0.3 is 45.5 Å². The van der Waals surface area contributed by atoms with E-state index in [1.165, 1.54) is 13.3 Å². The van der Waals surface area contributed by atoms with E-state index >= 15 is 0 Å². The maximum atomic E-state index is 12.0. The van der Waals surface area contributed by atoms with E-state index in [1.807, 2.05) is 12.1 Å². The Morgan fingerprint density at radius 3 is 2.45 bits per heavy atom. The highest BCUT2D eigenvalue weighted by Crippen LogP contribution is 2.35. The number of carbonyl (C=O) groups is 1. The highest BCUT2D eigenvalue weighted by atomic mass is 16.5. The maximum Gasteiger partial charge on any atom is 0.248 e. The number of aliphatic hydroxyl groups excluding tert-OH is 2. The van der Waals surface area contributed by atoms with Gasteiger partial charge in [0.15, 0.2) is 11.5 Å². The Labute approximate surface area is 269 Å². The smallest absolute Gasteiger partial charge is 0.248 e. The Morgan fingerprint density at radius 1 is 1.02 bits per heavy atom. The summed E-state index contributed by atoms with van der Waals surface area (Å²) in [7, 11) is 2.13. The van der Waals surface area contributed by atoms with Crippen LogP contribution < -0.4 is 21.3 Å². The molecule has 2 saturated heterocycles. The Morgan fingerprint density at radius 2 is 1.74 bits per heavy atom. The van der Waals surface area contributed by atoms with Crippen molar-refractivity contribution in [2.45, 2.75) is 31.8 Å².